The third-order valence-corrected chi connectivity index (χ3v) is 5.24. The van der Waals surface area contributed by atoms with E-state index in [1.165, 1.54) is 4.88 Å². The van der Waals surface area contributed by atoms with Crippen LogP contribution in [0.5, 0.6) is 0 Å². The molecule has 0 spiro atoms. The molecule has 0 aromatic carbocycles. The molecule has 0 saturated heterocycles. The third-order valence-electron chi connectivity index (χ3n) is 2.35. The highest BCUT2D eigenvalue weighted by Gasteiger charge is 2.26. The number of hydrogen-bond donors (Lipinski definition) is 0. The molecule has 2 heterocycles. The van der Waals surface area contributed by atoms with Crippen LogP contribution in [0, 0.1) is 13.8 Å². The number of aryl methyl sites for hydroxylation is 1. The lowest BCUT2D eigenvalue weighted by molar-refractivity contribution is 0.688. The van der Waals surface area contributed by atoms with Gasteiger partial charge in [-0.05, 0) is 26.3 Å². The highest BCUT2D eigenvalue weighted by atomic mass is 32.2. The predicted octanol–water partition coefficient (Wildman–Crippen LogP) is 2.26. The summed E-state index contributed by atoms with van der Waals surface area (Å²) in [6.07, 6.45) is 0. The smallest absolute Gasteiger partial charge is 0.129 e. The van der Waals surface area contributed by atoms with Gasteiger partial charge in [0, 0.05) is 11.9 Å². The molecule has 0 N–H and O–H groups in total. The summed E-state index contributed by atoms with van der Waals surface area (Å²) in [5.41, 5.74) is 1.14. The summed E-state index contributed by atoms with van der Waals surface area (Å²) in [6, 6.07) is 0. The van der Waals surface area contributed by atoms with Crippen molar-refractivity contribution >= 4 is 32.2 Å². The first kappa shape index (κ1) is 9.86. The first-order valence-electron chi connectivity index (χ1n) is 4.33. The quantitative estimate of drug-likeness (QED) is 0.682. The molecule has 0 amide bonds. The first-order valence-corrected chi connectivity index (χ1v) is 6.29. The van der Waals surface area contributed by atoms with Gasteiger partial charge in [-0.25, -0.2) is 4.21 Å². The Labute approximate surface area is 89.9 Å². The second-order valence-corrected chi connectivity index (χ2v) is 6.07. The van der Waals surface area contributed by atoms with E-state index in [4.69, 9.17) is 0 Å². The normalized spacial score (nSPS) is 20.7. The molecular formula is C9H12N2OS2. The zero-order valence-electron chi connectivity index (χ0n) is 8.62. The molecule has 1 aliphatic rings. The van der Waals surface area contributed by atoms with Crippen LogP contribution in [-0.4, -0.2) is 16.3 Å². The van der Waals surface area contributed by atoms with Crippen LogP contribution in [0.3, 0.4) is 0 Å². The Morgan fingerprint density at radius 3 is 2.64 bits per heavy atom. The Hall–Kier alpha value is -0.680. The van der Waals surface area contributed by atoms with E-state index in [-0.39, 0.29) is 0 Å². The van der Waals surface area contributed by atoms with Crippen LogP contribution in [0.1, 0.15) is 17.4 Å². The first-order chi connectivity index (χ1) is 6.52. The molecule has 0 saturated carbocycles. The fourth-order valence-electron chi connectivity index (χ4n) is 1.46. The second-order valence-electron chi connectivity index (χ2n) is 3.33. The van der Waals surface area contributed by atoms with E-state index in [0.29, 0.717) is 5.04 Å². The number of thiophene rings is 1. The summed E-state index contributed by atoms with van der Waals surface area (Å²) in [5, 5.41) is 7.73. The average Bonchev–Trinajstić information content (AvgIpc) is 2.41. The standard InChI is InChI=1S/C9H12N2OS2/c1-5-6(2)13-9-8(5)14(12)7(3)10-11(9)4/h1-4H3. The van der Waals surface area contributed by atoms with Crippen molar-refractivity contribution in [3.05, 3.63) is 10.4 Å². The molecule has 3 nitrogen and oxygen atoms in total. The molecule has 14 heavy (non-hydrogen) atoms. The maximum atomic E-state index is 12.0. The SMILES string of the molecule is CC1=NN(C)c2sc(C)c(C)c2S1=O. The Morgan fingerprint density at radius 1 is 1.36 bits per heavy atom. The van der Waals surface area contributed by atoms with Gasteiger partial charge in [0.2, 0.25) is 0 Å². The molecule has 1 aliphatic heterocycles. The zero-order chi connectivity index (χ0) is 10.5. The lowest BCUT2D eigenvalue weighted by atomic mass is 10.3. The van der Waals surface area contributed by atoms with Gasteiger partial charge in [0.15, 0.2) is 0 Å². The fraction of sp³-hybridized carbons (Fsp3) is 0.444. The second kappa shape index (κ2) is 3.17. The molecule has 0 aliphatic carbocycles. The predicted molar refractivity (Wildman–Crippen MR) is 61.7 cm³/mol. The Kier molecular flexibility index (Phi) is 2.23. The van der Waals surface area contributed by atoms with Crippen LogP contribution in [0.2, 0.25) is 0 Å². The van der Waals surface area contributed by atoms with E-state index >= 15 is 0 Å². The van der Waals surface area contributed by atoms with Crippen molar-refractivity contribution in [1.29, 1.82) is 0 Å². The minimum absolute atomic E-state index is 0.681. The average molecular weight is 228 g/mol. The van der Waals surface area contributed by atoms with Crippen molar-refractivity contribution in [2.24, 2.45) is 5.10 Å². The number of hydrazone groups is 1. The summed E-state index contributed by atoms with van der Waals surface area (Å²) in [6.45, 7) is 5.88. The lowest BCUT2D eigenvalue weighted by Gasteiger charge is -2.19. The highest BCUT2D eigenvalue weighted by Crippen LogP contribution is 2.39. The van der Waals surface area contributed by atoms with Gasteiger partial charge in [0.25, 0.3) is 0 Å². The summed E-state index contributed by atoms with van der Waals surface area (Å²) in [4.78, 5) is 2.17. The Morgan fingerprint density at radius 2 is 2.00 bits per heavy atom. The maximum Gasteiger partial charge on any atom is 0.129 e. The summed E-state index contributed by atoms with van der Waals surface area (Å²) in [7, 11) is 0.844. The van der Waals surface area contributed by atoms with E-state index in [1.807, 2.05) is 25.9 Å². The highest BCUT2D eigenvalue weighted by molar-refractivity contribution is 8.01. The van der Waals surface area contributed by atoms with Crippen LogP contribution in [0.25, 0.3) is 0 Å². The van der Waals surface area contributed by atoms with Gasteiger partial charge in [0.05, 0.1) is 4.90 Å². The molecule has 0 radical (unpaired) electrons. The van der Waals surface area contributed by atoms with Crippen LogP contribution in [0.15, 0.2) is 10.00 Å². The molecular weight excluding hydrogens is 216 g/mol. The van der Waals surface area contributed by atoms with Crippen LogP contribution in [-0.2, 0) is 10.8 Å². The molecule has 2 rings (SSSR count). The lowest BCUT2D eigenvalue weighted by Crippen LogP contribution is -2.20. The molecule has 1 aromatic heterocycles. The van der Waals surface area contributed by atoms with Gasteiger partial charge >= 0.3 is 0 Å². The van der Waals surface area contributed by atoms with Crippen molar-refractivity contribution in [1.82, 2.24) is 0 Å². The molecule has 0 bridgehead atoms. The zero-order valence-corrected chi connectivity index (χ0v) is 10.3. The molecule has 1 atom stereocenters. The number of hydrogen-bond acceptors (Lipinski definition) is 4. The maximum absolute atomic E-state index is 12.0. The van der Waals surface area contributed by atoms with Gasteiger partial charge in [-0.2, -0.15) is 5.10 Å². The summed E-state index contributed by atoms with van der Waals surface area (Å²) < 4.78 is 12.0. The third kappa shape index (κ3) is 1.23. The number of fused-ring (bicyclic) bond motifs is 1. The number of anilines is 1. The molecule has 1 unspecified atom stereocenters. The van der Waals surface area contributed by atoms with E-state index in [1.54, 1.807) is 11.3 Å². The molecule has 76 valence electrons. The van der Waals surface area contributed by atoms with Gasteiger partial charge < -0.3 is 0 Å². The van der Waals surface area contributed by atoms with E-state index in [2.05, 4.69) is 12.0 Å². The van der Waals surface area contributed by atoms with Gasteiger partial charge in [0.1, 0.15) is 20.8 Å². The van der Waals surface area contributed by atoms with Crippen molar-refractivity contribution in [3.63, 3.8) is 0 Å². The largest absolute Gasteiger partial charge is 0.256 e. The molecule has 5 heteroatoms. The monoisotopic (exact) mass is 228 g/mol. The minimum atomic E-state index is -1.05. The van der Waals surface area contributed by atoms with E-state index < -0.39 is 10.8 Å². The molecule has 0 fully saturated rings. The van der Waals surface area contributed by atoms with Crippen LogP contribution < -0.4 is 5.01 Å². The summed E-state index contributed by atoms with van der Waals surface area (Å²) >= 11 is 1.66. The Balaban J connectivity index is 2.69. The topological polar surface area (TPSA) is 32.7 Å². The van der Waals surface area contributed by atoms with Gasteiger partial charge in [-0.3, -0.25) is 5.01 Å². The van der Waals surface area contributed by atoms with E-state index in [9.17, 15) is 4.21 Å². The number of rotatable bonds is 0. The number of nitrogens with zero attached hydrogens (tertiary/aromatic N) is 2. The van der Waals surface area contributed by atoms with Crippen molar-refractivity contribution in [2.45, 2.75) is 25.7 Å². The van der Waals surface area contributed by atoms with Gasteiger partial charge in [-0.1, -0.05) is 0 Å². The van der Waals surface area contributed by atoms with Crippen molar-refractivity contribution in [2.75, 3.05) is 12.1 Å². The molecule has 1 aromatic rings. The van der Waals surface area contributed by atoms with Crippen molar-refractivity contribution in [3.8, 4) is 0 Å². The van der Waals surface area contributed by atoms with Crippen molar-refractivity contribution < 1.29 is 4.21 Å². The fourth-order valence-corrected chi connectivity index (χ4v) is 4.06. The van der Waals surface area contributed by atoms with Crippen LogP contribution in [0.4, 0.5) is 5.00 Å². The minimum Gasteiger partial charge on any atom is -0.256 e. The van der Waals surface area contributed by atoms with Crippen LogP contribution >= 0.6 is 11.3 Å². The van der Waals surface area contributed by atoms with Gasteiger partial charge in [-0.15, -0.1) is 11.3 Å². The van der Waals surface area contributed by atoms with E-state index in [0.717, 1.165) is 15.5 Å². The summed E-state index contributed by atoms with van der Waals surface area (Å²) in [5.74, 6) is 0. The Bertz CT molecular complexity index is 448.